The zero-order valence-electron chi connectivity index (χ0n) is 32.3. The van der Waals surface area contributed by atoms with Crippen LogP contribution in [0.1, 0.15) is 79.1 Å². The second-order valence-corrected chi connectivity index (χ2v) is 18.0. The number of hydrogen-bond donors (Lipinski definition) is 3. The molecule has 2 aliphatic heterocycles. The van der Waals surface area contributed by atoms with Crippen LogP contribution in [0.5, 0.6) is 11.6 Å². The largest absolute Gasteiger partial charge is 0.494 e. The van der Waals surface area contributed by atoms with Crippen molar-refractivity contribution in [2.45, 2.75) is 120 Å². The second-order valence-electron chi connectivity index (χ2n) is 16.0. The minimum atomic E-state index is -3.95. The number of methoxy groups -OCH3 is 1. The van der Waals surface area contributed by atoms with E-state index in [4.69, 9.17) is 14.2 Å². The number of allylic oxidation sites excluding steroid dienone is 1. The fraction of sp³-hybridized carbons (Fsp3) is 0.615. The first-order valence-electron chi connectivity index (χ1n) is 19.2. The molecule has 1 saturated heterocycles. The van der Waals surface area contributed by atoms with Crippen LogP contribution in [0, 0.1) is 17.8 Å². The van der Waals surface area contributed by atoms with E-state index in [-0.39, 0.29) is 31.2 Å². The van der Waals surface area contributed by atoms with E-state index >= 15 is 0 Å². The predicted molar refractivity (Wildman–Crippen MR) is 201 cm³/mol. The van der Waals surface area contributed by atoms with Crippen molar-refractivity contribution in [3.05, 3.63) is 42.6 Å². The molecule has 2 aromatic rings. The molecule has 1 aromatic heterocycles. The number of ether oxygens (including phenoxy) is 3. The molecule has 0 radical (unpaired) electrons. The zero-order chi connectivity index (χ0) is 40.6. The third kappa shape index (κ3) is 8.71. The lowest BCUT2D eigenvalue weighted by Crippen LogP contribution is -2.59. The van der Waals surface area contributed by atoms with Gasteiger partial charge in [0.05, 0.1) is 25.1 Å². The number of nitrogens with one attached hydrogen (secondary N) is 3. The van der Waals surface area contributed by atoms with Crippen LogP contribution in [0.3, 0.4) is 0 Å². The van der Waals surface area contributed by atoms with Crippen molar-refractivity contribution in [2.75, 3.05) is 13.7 Å². The van der Waals surface area contributed by atoms with Gasteiger partial charge < -0.3 is 29.7 Å². The Morgan fingerprint density at radius 1 is 1.12 bits per heavy atom. The molecule has 0 bridgehead atoms. The van der Waals surface area contributed by atoms with E-state index in [2.05, 4.69) is 20.3 Å². The average Bonchev–Trinajstić information content (AvgIpc) is 4.08. The molecule has 306 valence electrons. The number of fused-ring (bicyclic) bond motifs is 3. The van der Waals surface area contributed by atoms with Crippen molar-refractivity contribution in [1.29, 1.82) is 0 Å². The summed E-state index contributed by atoms with van der Waals surface area (Å²) >= 11 is 0. The van der Waals surface area contributed by atoms with Crippen LogP contribution in [-0.4, -0.2) is 96.8 Å². The number of benzene rings is 1. The summed E-state index contributed by atoms with van der Waals surface area (Å²) in [4.78, 5) is 62.1. The molecule has 7 atom stereocenters. The van der Waals surface area contributed by atoms with Crippen molar-refractivity contribution in [3.63, 3.8) is 0 Å². The van der Waals surface area contributed by atoms with Gasteiger partial charge in [0.15, 0.2) is 5.60 Å². The molecule has 3 fully saturated rings. The van der Waals surface area contributed by atoms with Gasteiger partial charge in [-0.15, -0.1) is 0 Å². The van der Waals surface area contributed by atoms with E-state index < -0.39 is 86.7 Å². The fourth-order valence-electron chi connectivity index (χ4n) is 7.71. The number of nitrogens with zero attached hydrogens (tertiary/aromatic N) is 2. The lowest BCUT2D eigenvalue weighted by atomic mass is 9.85. The number of alkyl halides is 2. The molecule has 17 heteroatoms. The zero-order valence-corrected chi connectivity index (χ0v) is 33.1. The summed E-state index contributed by atoms with van der Waals surface area (Å²) in [5.74, 6) is -2.44. The van der Waals surface area contributed by atoms with Crippen molar-refractivity contribution >= 4 is 44.6 Å². The highest BCUT2D eigenvalue weighted by Gasteiger charge is 2.62. The quantitative estimate of drug-likeness (QED) is 0.287. The molecule has 0 unspecified atom stereocenters. The van der Waals surface area contributed by atoms with Gasteiger partial charge in [0, 0.05) is 23.1 Å². The smallest absolute Gasteiger partial charge is 0.408 e. The first kappa shape index (κ1) is 41.1. The Hall–Kier alpha value is -4.54. The number of alkyl carbamates (subject to hydrolysis) is 1. The van der Waals surface area contributed by atoms with Crippen molar-refractivity contribution in [1.82, 2.24) is 25.2 Å². The first-order valence-corrected chi connectivity index (χ1v) is 20.8. The number of carbonyl (C=O) groups is 4. The first-order chi connectivity index (χ1) is 26.5. The highest BCUT2D eigenvalue weighted by atomic mass is 32.2. The van der Waals surface area contributed by atoms with Crippen LogP contribution in [-0.2, 0) is 29.1 Å². The Morgan fingerprint density at radius 2 is 1.84 bits per heavy atom. The summed E-state index contributed by atoms with van der Waals surface area (Å²) in [6.45, 7) is 5.85. The molecule has 0 spiro atoms. The van der Waals surface area contributed by atoms with Gasteiger partial charge in [0.25, 0.3) is 12.3 Å². The molecule has 4 amide bonds. The molecule has 14 nitrogen and oxygen atoms in total. The van der Waals surface area contributed by atoms with Crippen LogP contribution in [0.2, 0.25) is 0 Å². The minimum absolute atomic E-state index is 0.0379. The van der Waals surface area contributed by atoms with Gasteiger partial charge in [0.2, 0.25) is 27.7 Å². The summed E-state index contributed by atoms with van der Waals surface area (Å²) in [5.41, 5.74) is -3.74. The van der Waals surface area contributed by atoms with Crippen LogP contribution < -0.4 is 24.8 Å². The third-order valence-electron chi connectivity index (χ3n) is 11.3. The van der Waals surface area contributed by atoms with Crippen molar-refractivity contribution < 1.29 is 50.6 Å². The van der Waals surface area contributed by atoms with Crippen molar-refractivity contribution in [2.24, 2.45) is 17.8 Å². The Morgan fingerprint density at radius 3 is 2.50 bits per heavy atom. The highest BCUT2D eigenvalue weighted by Crippen LogP contribution is 2.46. The SMILES string of the molecule is CC[C@@H]1C[C@H](C)CCC=C[C@@H]2C[C@@]2(C(=O)NS(=O)(=O)C2CC2)NC(=O)[C@@H]2C[C@@H](Oc3ncc(OC)c4ccccc34)CN2C(=O)[C@H]1NC(=O)OC(C)(C)C(F)F. The maximum atomic E-state index is 14.9. The molecule has 2 saturated carbocycles. The summed E-state index contributed by atoms with van der Waals surface area (Å²) in [7, 11) is -2.43. The molecule has 2 aliphatic carbocycles. The highest BCUT2D eigenvalue weighted by molar-refractivity contribution is 7.91. The molecule has 56 heavy (non-hydrogen) atoms. The third-order valence-corrected chi connectivity index (χ3v) is 13.2. The summed E-state index contributed by atoms with van der Waals surface area (Å²) < 4.78 is 72.4. The summed E-state index contributed by atoms with van der Waals surface area (Å²) in [6.07, 6.45) is 3.33. The van der Waals surface area contributed by atoms with E-state index in [1.807, 2.05) is 38.1 Å². The predicted octanol–water partition coefficient (Wildman–Crippen LogP) is 4.62. The lowest BCUT2D eigenvalue weighted by molar-refractivity contribution is -0.142. The average molecular weight is 804 g/mol. The summed E-state index contributed by atoms with van der Waals surface area (Å²) in [5, 5.41) is 6.08. The fourth-order valence-corrected chi connectivity index (χ4v) is 9.08. The number of carbonyl (C=O) groups excluding carboxylic acids is 4. The number of sulfonamides is 1. The number of amides is 4. The van der Waals surface area contributed by atoms with Crippen LogP contribution >= 0.6 is 0 Å². The van der Waals surface area contributed by atoms with Crippen LogP contribution in [0.4, 0.5) is 13.6 Å². The standard InChI is InChI=1S/C39H51F2N5O9S/c1-6-23-17-22(2)11-7-8-12-24-19-39(24,36(49)45-56(51,52)26-15-16-26)44-32(47)29-18-25(54-33-28-14-10-9-13-27(28)30(53-5)20-42-33)21-46(29)34(48)31(23)43-37(50)55-38(3,4)35(40)41/h8-10,12-14,20,22-26,29,31,35H,6-7,11,15-19,21H2,1-5H3,(H,43,50)(H,44,47)(H,45,49)/t22-,23-,24-,25-,29+,31+,39-/m1/s1. The number of aromatic nitrogens is 1. The Labute approximate surface area is 325 Å². The number of halogens is 2. The lowest BCUT2D eigenvalue weighted by Gasteiger charge is -2.34. The molecule has 1 aromatic carbocycles. The van der Waals surface area contributed by atoms with E-state index in [1.54, 1.807) is 12.1 Å². The number of rotatable bonds is 10. The van der Waals surface area contributed by atoms with Crippen LogP contribution in [0.15, 0.2) is 42.6 Å². The van der Waals surface area contributed by atoms with Gasteiger partial charge in [-0.25, -0.2) is 27.0 Å². The topological polar surface area (TPSA) is 182 Å². The van der Waals surface area contributed by atoms with E-state index in [1.165, 1.54) is 18.2 Å². The molecule has 4 aliphatic rings. The van der Waals surface area contributed by atoms with Gasteiger partial charge in [-0.1, -0.05) is 50.6 Å². The van der Waals surface area contributed by atoms with Gasteiger partial charge in [-0.3, -0.25) is 19.1 Å². The van der Waals surface area contributed by atoms with E-state index in [0.717, 1.165) is 19.2 Å². The maximum absolute atomic E-state index is 14.9. The molecule has 3 N–H and O–H groups in total. The van der Waals surface area contributed by atoms with Crippen LogP contribution in [0.25, 0.3) is 10.8 Å². The Bertz CT molecular complexity index is 1980. The monoisotopic (exact) mass is 803 g/mol. The molecular weight excluding hydrogens is 753 g/mol. The Balaban J connectivity index is 1.36. The molecule has 3 heterocycles. The van der Waals surface area contributed by atoms with Gasteiger partial charge >= 0.3 is 6.09 Å². The molecule has 6 rings (SSSR count). The van der Waals surface area contributed by atoms with E-state index in [9.17, 15) is 36.4 Å². The number of pyridine rings is 1. The normalized spacial score (nSPS) is 28.7. The van der Waals surface area contributed by atoms with E-state index in [0.29, 0.717) is 49.7 Å². The number of hydrogen-bond acceptors (Lipinski definition) is 10. The minimum Gasteiger partial charge on any atom is -0.494 e. The van der Waals surface area contributed by atoms with Crippen molar-refractivity contribution in [3.8, 4) is 11.6 Å². The maximum Gasteiger partial charge on any atom is 0.408 e. The second kappa shape index (κ2) is 16.1. The summed E-state index contributed by atoms with van der Waals surface area (Å²) in [6, 6.07) is 4.74. The van der Waals surface area contributed by atoms with Gasteiger partial charge in [0.1, 0.15) is 29.5 Å². The van der Waals surface area contributed by atoms with Gasteiger partial charge in [-0.2, -0.15) is 0 Å². The Kier molecular flexibility index (Phi) is 11.8. The van der Waals surface area contributed by atoms with Gasteiger partial charge in [-0.05, 0) is 70.3 Å². The molecular formula is C39H51F2N5O9S.